The van der Waals surface area contributed by atoms with Crippen molar-refractivity contribution < 1.29 is 9.02 Å². The molecule has 0 spiro atoms. The van der Waals surface area contributed by atoms with Crippen LogP contribution in [0.15, 0.2) is 34.5 Å². The quantitative estimate of drug-likeness (QED) is 0.525. The van der Waals surface area contributed by atoms with E-state index in [2.05, 4.69) is 42.4 Å². The zero-order valence-electron chi connectivity index (χ0n) is 12.9. The zero-order valence-corrected chi connectivity index (χ0v) is 13.7. The van der Waals surface area contributed by atoms with Crippen molar-refractivity contribution in [3.05, 3.63) is 52.6 Å². The Labute approximate surface area is 145 Å². The summed E-state index contributed by atoms with van der Waals surface area (Å²) >= 11 is 5.92. The molecule has 0 aliphatic carbocycles. The summed E-state index contributed by atoms with van der Waals surface area (Å²) in [6.07, 6.45) is 1.25. The van der Waals surface area contributed by atoms with E-state index in [4.69, 9.17) is 17.3 Å². The first kappa shape index (κ1) is 16.6. The van der Waals surface area contributed by atoms with Crippen LogP contribution < -0.4 is 11.2 Å². The van der Waals surface area contributed by atoms with Crippen LogP contribution in [0.2, 0.25) is 5.02 Å². The second kappa shape index (κ2) is 6.69. The highest BCUT2D eigenvalue weighted by Crippen LogP contribution is 2.19. The van der Waals surface area contributed by atoms with Crippen LogP contribution in [0, 0.1) is 12.7 Å². The number of nitrogen functional groups attached to an aromatic ring is 1. The monoisotopic (exact) mass is 362 g/mol. The number of rotatable bonds is 5. The molecule has 2 heterocycles. The van der Waals surface area contributed by atoms with Gasteiger partial charge in [-0.15, -0.1) is 5.10 Å². The number of hydrogen-bond acceptors (Lipinski definition) is 8. The van der Waals surface area contributed by atoms with Crippen molar-refractivity contribution in [3.8, 4) is 5.82 Å². The molecule has 0 radical (unpaired) electrons. The SMILES string of the molecule is C=C(NN=Cc1c(F)cccc1Cl)c1nnn(-c2nonc2N)c1C. The third-order valence-corrected chi connectivity index (χ3v) is 3.60. The van der Waals surface area contributed by atoms with Gasteiger partial charge in [0.1, 0.15) is 11.5 Å². The maximum Gasteiger partial charge on any atom is 0.243 e. The molecule has 0 unspecified atom stereocenters. The van der Waals surface area contributed by atoms with Crippen molar-refractivity contribution in [1.82, 2.24) is 30.7 Å². The molecule has 0 aliphatic heterocycles. The number of hydrogen-bond donors (Lipinski definition) is 2. The summed E-state index contributed by atoms with van der Waals surface area (Å²) in [7, 11) is 0. The van der Waals surface area contributed by atoms with Crippen molar-refractivity contribution in [3.63, 3.8) is 0 Å². The Morgan fingerprint density at radius 1 is 1.48 bits per heavy atom. The molecule has 1 aromatic carbocycles. The van der Waals surface area contributed by atoms with Crippen LogP contribution in [0.25, 0.3) is 11.5 Å². The molecular formula is C14H12ClFN8O. The predicted octanol–water partition coefficient (Wildman–Crippen LogP) is 1.93. The van der Waals surface area contributed by atoms with Gasteiger partial charge in [0, 0.05) is 5.56 Å². The molecule has 0 saturated carbocycles. The highest BCUT2D eigenvalue weighted by molar-refractivity contribution is 6.33. The summed E-state index contributed by atoms with van der Waals surface area (Å²) in [5.74, 6) is -0.198. The van der Waals surface area contributed by atoms with E-state index in [0.29, 0.717) is 17.1 Å². The van der Waals surface area contributed by atoms with E-state index >= 15 is 0 Å². The Morgan fingerprint density at radius 2 is 2.28 bits per heavy atom. The van der Waals surface area contributed by atoms with Crippen molar-refractivity contribution in [2.45, 2.75) is 6.92 Å². The highest BCUT2D eigenvalue weighted by atomic mass is 35.5. The van der Waals surface area contributed by atoms with Crippen molar-refractivity contribution in [2.24, 2.45) is 5.10 Å². The molecule has 0 atom stereocenters. The molecule has 3 N–H and O–H groups in total. The lowest BCUT2D eigenvalue weighted by molar-refractivity contribution is 0.306. The van der Waals surface area contributed by atoms with Crippen molar-refractivity contribution >= 4 is 29.3 Å². The molecule has 9 nitrogen and oxygen atoms in total. The maximum atomic E-state index is 13.7. The van der Waals surface area contributed by atoms with Gasteiger partial charge >= 0.3 is 0 Å². The molecule has 0 saturated heterocycles. The number of halogens is 2. The maximum absolute atomic E-state index is 13.7. The van der Waals surface area contributed by atoms with Gasteiger partial charge in [-0.25, -0.2) is 9.02 Å². The van der Waals surface area contributed by atoms with E-state index in [9.17, 15) is 4.39 Å². The average molecular weight is 363 g/mol. The van der Waals surface area contributed by atoms with Crippen LogP contribution in [0.3, 0.4) is 0 Å². The number of nitrogens with two attached hydrogens (primary N) is 1. The fourth-order valence-corrected chi connectivity index (χ4v) is 2.22. The number of aromatic nitrogens is 5. The first-order valence-corrected chi connectivity index (χ1v) is 7.30. The minimum absolute atomic E-state index is 0.0744. The molecule has 128 valence electrons. The van der Waals surface area contributed by atoms with Crippen LogP contribution in [-0.2, 0) is 0 Å². The molecule has 0 aliphatic rings. The van der Waals surface area contributed by atoms with Gasteiger partial charge in [0.2, 0.25) is 11.6 Å². The second-order valence-corrected chi connectivity index (χ2v) is 5.30. The normalized spacial score (nSPS) is 11.2. The largest absolute Gasteiger partial charge is 0.378 e. The number of hydrazone groups is 1. The Kier molecular flexibility index (Phi) is 4.44. The van der Waals surface area contributed by atoms with E-state index in [1.807, 2.05) is 0 Å². The van der Waals surface area contributed by atoms with Crippen LogP contribution in [-0.4, -0.2) is 31.5 Å². The van der Waals surface area contributed by atoms with Crippen molar-refractivity contribution in [2.75, 3.05) is 5.73 Å². The Bertz CT molecular complexity index is 943. The lowest BCUT2D eigenvalue weighted by atomic mass is 10.2. The van der Waals surface area contributed by atoms with E-state index in [-0.39, 0.29) is 22.2 Å². The summed E-state index contributed by atoms with van der Waals surface area (Å²) < 4.78 is 19.6. The van der Waals surface area contributed by atoms with Gasteiger partial charge in [-0.1, -0.05) is 29.5 Å². The third-order valence-electron chi connectivity index (χ3n) is 3.27. The summed E-state index contributed by atoms with van der Waals surface area (Å²) in [5, 5.41) is 19.2. The van der Waals surface area contributed by atoms with Crippen molar-refractivity contribution in [1.29, 1.82) is 0 Å². The number of nitrogens with zero attached hydrogens (tertiary/aromatic N) is 6. The van der Waals surface area contributed by atoms with Crippen LogP contribution >= 0.6 is 11.6 Å². The molecule has 2 aromatic heterocycles. The fraction of sp³-hybridized carbons (Fsp3) is 0.0714. The molecule has 0 amide bonds. The van der Waals surface area contributed by atoms with Gasteiger partial charge in [0.05, 0.1) is 22.6 Å². The minimum Gasteiger partial charge on any atom is -0.378 e. The zero-order chi connectivity index (χ0) is 18.0. The fourth-order valence-electron chi connectivity index (χ4n) is 2.01. The minimum atomic E-state index is -0.486. The standard InChI is InChI=1S/C14H12ClFN8O/c1-7(19-18-6-9-10(15)4-3-5-11(9)16)12-8(2)24(23-20-12)14-13(17)21-25-22-14/h3-6,19H,1H2,2H3,(H2,17,21). The first-order valence-electron chi connectivity index (χ1n) is 6.92. The number of anilines is 1. The molecule has 0 fully saturated rings. The molecular weight excluding hydrogens is 351 g/mol. The third kappa shape index (κ3) is 3.19. The van der Waals surface area contributed by atoms with Gasteiger partial charge in [0.15, 0.2) is 0 Å². The Balaban J connectivity index is 1.78. The van der Waals surface area contributed by atoms with Crippen LogP contribution in [0.1, 0.15) is 17.0 Å². The summed E-state index contributed by atoms with van der Waals surface area (Å²) in [6, 6.07) is 4.36. The van der Waals surface area contributed by atoms with E-state index in [1.54, 1.807) is 13.0 Å². The molecule has 11 heteroatoms. The van der Waals surface area contributed by atoms with E-state index < -0.39 is 5.82 Å². The molecule has 3 rings (SSSR count). The second-order valence-electron chi connectivity index (χ2n) is 4.89. The lowest BCUT2D eigenvalue weighted by Gasteiger charge is -2.04. The average Bonchev–Trinajstić information content (AvgIpc) is 3.15. The topological polar surface area (TPSA) is 120 Å². The van der Waals surface area contributed by atoms with Gasteiger partial charge in [-0.2, -0.15) is 9.78 Å². The summed E-state index contributed by atoms with van der Waals surface area (Å²) in [6.45, 7) is 5.55. The Morgan fingerprint density at radius 3 is 2.96 bits per heavy atom. The highest BCUT2D eigenvalue weighted by Gasteiger charge is 2.17. The molecule has 25 heavy (non-hydrogen) atoms. The summed E-state index contributed by atoms with van der Waals surface area (Å²) in [5.41, 5.74) is 9.79. The lowest BCUT2D eigenvalue weighted by Crippen LogP contribution is -2.07. The van der Waals surface area contributed by atoms with Gasteiger partial charge < -0.3 is 5.73 Å². The number of nitrogens with one attached hydrogen (secondary N) is 1. The Hall–Kier alpha value is -3.27. The summed E-state index contributed by atoms with van der Waals surface area (Å²) in [4.78, 5) is 0. The van der Waals surface area contributed by atoms with E-state index in [1.165, 1.54) is 23.0 Å². The first-order chi connectivity index (χ1) is 12.0. The van der Waals surface area contributed by atoms with Crippen LogP contribution in [0.4, 0.5) is 10.2 Å². The molecule has 0 bridgehead atoms. The van der Waals surface area contributed by atoms with Gasteiger partial charge in [-0.05, 0) is 29.4 Å². The van der Waals surface area contributed by atoms with Crippen LogP contribution in [0.5, 0.6) is 0 Å². The number of benzene rings is 1. The van der Waals surface area contributed by atoms with Gasteiger partial charge in [-0.3, -0.25) is 5.43 Å². The van der Waals surface area contributed by atoms with E-state index in [0.717, 1.165) is 0 Å². The van der Waals surface area contributed by atoms with Gasteiger partial charge in [0.25, 0.3) is 0 Å². The predicted molar refractivity (Wildman–Crippen MR) is 89.5 cm³/mol. The smallest absolute Gasteiger partial charge is 0.243 e. The molecule has 3 aromatic rings.